The number of rotatable bonds is 3. The minimum Gasteiger partial charge on any atom is -0.479 e. The van der Waals surface area contributed by atoms with Crippen LogP contribution in [0.25, 0.3) is 11.5 Å². The van der Waals surface area contributed by atoms with E-state index in [1.807, 2.05) is 0 Å². The summed E-state index contributed by atoms with van der Waals surface area (Å²) in [7, 11) is 0. The zero-order valence-corrected chi connectivity index (χ0v) is 13.2. The average molecular weight is 330 g/mol. The number of carboxylic acid groups (broad SMARTS) is 1. The Morgan fingerprint density at radius 1 is 1.25 bits per heavy atom. The summed E-state index contributed by atoms with van der Waals surface area (Å²) < 4.78 is 5.30. The highest BCUT2D eigenvalue weighted by Crippen LogP contribution is 2.25. The molecule has 2 N–H and O–H groups in total. The third-order valence-corrected chi connectivity index (χ3v) is 4.37. The molecule has 0 radical (unpaired) electrons. The van der Waals surface area contributed by atoms with Crippen LogP contribution in [0.1, 0.15) is 28.9 Å². The van der Waals surface area contributed by atoms with Crippen molar-refractivity contribution in [1.82, 2.24) is 9.88 Å². The molecule has 3 rings (SSSR count). The standard InChI is InChI=1S/C17H18N2O5/c1-11-12(4-5-13(18-11)14-3-2-10-24-14)15(20)19-8-6-17(23,7-9-19)16(21)22/h2-5,10,23H,6-9H2,1H3,(H,21,22). The van der Waals surface area contributed by atoms with Crippen molar-refractivity contribution in [2.75, 3.05) is 13.1 Å². The number of aliphatic hydroxyl groups is 1. The molecule has 0 atom stereocenters. The fraction of sp³-hybridized carbons (Fsp3) is 0.353. The highest BCUT2D eigenvalue weighted by atomic mass is 16.4. The van der Waals surface area contributed by atoms with Gasteiger partial charge in [-0.15, -0.1) is 0 Å². The van der Waals surface area contributed by atoms with Crippen molar-refractivity contribution in [2.24, 2.45) is 0 Å². The Balaban J connectivity index is 1.75. The molecule has 2 aromatic heterocycles. The molecule has 0 aliphatic carbocycles. The molecule has 0 spiro atoms. The number of amides is 1. The zero-order chi connectivity index (χ0) is 17.3. The molecular formula is C17H18N2O5. The van der Waals surface area contributed by atoms with E-state index in [9.17, 15) is 14.7 Å². The number of aromatic nitrogens is 1. The second-order valence-electron chi connectivity index (χ2n) is 5.94. The first-order valence-corrected chi connectivity index (χ1v) is 7.67. The van der Waals surface area contributed by atoms with Gasteiger partial charge in [-0.1, -0.05) is 0 Å². The highest BCUT2D eigenvalue weighted by Gasteiger charge is 2.40. The average Bonchev–Trinajstić information content (AvgIpc) is 3.09. The number of piperidine rings is 1. The summed E-state index contributed by atoms with van der Waals surface area (Å²) >= 11 is 0. The Hall–Kier alpha value is -2.67. The van der Waals surface area contributed by atoms with Crippen molar-refractivity contribution in [3.05, 3.63) is 41.8 Å². The van der Waals surface area contributed by atoms with Crippen LogP contribution in [0.15, 0.2) is 34.9 Å². The lowest BCUT2D eigenvalue weighted by Crippen LogP contribution is -2.50. The van der Waals surface area contributed by atoms with Crippen molar-refractivity contribution < 1.29 is 24.2 Å². The molecule has 1 amide bonds. The van der Waals surface area contributed by atoms with Crippen molar-refractivity contribution in [3.8, 4) is 11.5 Å². The highest BCUT2D eigenvalue weighted by molar-refractivity contribution is 5.95. The molecule has 2 aromatic rings. The number of furan rings is 1. The van der Waals surface area contributed by atoms with Crippen LogP contribution in [0.3, 0.4) is 0 Å². The zero-order valence-electron chi connectivity index (χ0n) is 13.2. The van der Waals surface area contributed by atoms with E-state index in [0.717, 1.165) is 0 Å². The Bertz CT molecular complexity index is 761. The quantitative estimate of drug-likeness (QED) is 0.888. The molecule has 1 aliphatic heterocycles. The van der Waals surface area contributed by atoms with Gasteiger partial charge in [0.05, 0.1) is 17.5 Å². The van der Waals surface area contributed by atoms with E-state index in [-0.39, 0.29) is 31.8 Å². The van der Waals surface area contributed by atoms with Gasteiger partial charge in [0.25, 0.3) is 5.91 Å². The van der Waals surface area contributed by atoms with Gasteiger partial charge in [0, 0.05) is 25.9 Å². The maximum atomic E-state index is 12.6. The van der Waals surface area contributed by atoms with Crippen molar-refractivity contribution >= 4 is 11.9 Å². The van der Waals surface area contributed by atoms with Crippen LogP contribution in [0.5, 0.6) is 0 Å². The second kappa shape index (κ2) is 6.09. The van der Waals surface area contributed by atoms with Gasteiger partial charge < -0.3 is 19.5 Å². The maximum Gasteiger partial charge on any atom is 0.335 e. The lowest BCUT2D eigenvalue weighted by molar-refractivity contribution is -0.162. The van der Waals surface area contributed by atoms with Gasteiger partial charge in [0.15, 0.2) is 11.4 Å². The SMILES string of the molecule is Cc1nc(-c2ccco2)ccc1C(=O)N1CCC(O)(C(=O)O)CC1. The number of carboxylic acids is 1. The van der Waals surface area contributed by atoms with Crippen LogP contribution in [-0.4, -0.2) is 50.7 Å². The van der Waals surface area contributed by atoms with Crippen LogP contribution < -0.4 is 0 Å². The predicted octanol–water partition coefficient (Wildman–Crippen LogP) is 1.70. The van der Waals surface area contributed by atoms with Crippen molar-refractivity contribution in [3.63, 3.8) is 0 Å². The molecule has 1 fully saturated rings. The van der Waals surface area contributed by atoms with Gasteiger partial charge in [-0.25, -0.2) is 9.78 Å². The topological polar surface area (TPSA) is 104 Å². The first-order chi connectivity index (χ1) is 11.4. The van der Waals surface area contributed by atoms with E-state index >= 15 is 0 Å². The number of pyridine rings is 1. The van der Waals surface area contributed by atoms with Crippen LogP contribution >= 0.6 is 0 Å². The lowest BCUT2D eigenvalue weighted by Gasteiger charge is -2.35. The first-order valence-electron chi connectivity index (χ1n) is 7.67. The first kappa shape index (κ1) is 16.2. The van der Waals surface area contributed by atoms with Gasteiger partial charge in [-0.05, 0) is 31.2 Å². The summed E-state index contributed by atoms with van der Waals surface area (Å²) in [6.07, 6.45) is 1.60. The minimum absolute atomic E-state index is 0.0189. The minimum atomic E-state index is -1.74. The summed E-state index contributed by atoms with van der Waals surface area (Å²) in [4.78, 5) is 29.6. The van der Waals surface area contributed by atoms with Gasteiger partial charge in [0.1, 0.15) is 5.69 Å². The number of aryl methyl sites for hydroxylation is 1. The Morgan fingerprint density at radius 2 is 1.96 bits per heavy atom. The van der Waals surface area contributed by atoms with E-state index in [1.165, 1.54) is 0 Å². The summed E-state index contributed by atoms with van der Waals surface area (Å²) in [6.45, 7) is 2.14. The number of hydrogen-bond donors (Lipinski definition) is 2. The molecule has 126 valence electrons. The smallest absolute Gasteiger partial charge is 0.335 e. The normalized spacial score (nSPS) is 16.8. The van der Waals surface area contributed by atoms with Crippen LogP contribution in [0.2, 0.25) is 0 Å². The number of aliphatic carboxylic acids is 1. The Labute approximate surface area is 138 Å². The molecule has 1 aliphatic rings. The summed E-state index contributed by atoms with van der Waals surface area (Å²) in [5, 5.41) is 19.0. The fourth-order valence-electron chi connectivity index (χ4n) is 2.81. The molecule has 0 saturated carbocycles. The molecule has 7 heteroatoms. The summed E-state index contributed by atoms with van der Waals surface area (Å²) in [5.41, 5.74) is -0.0558. The van der Waals surface area contributed by atoms with Crippen LogP contribution in [-0.2, 0) is 4.79 Å². The molecule has 24 heavy (non-hydrogen) atoms. The number of carbonyl (C=O) groups is 2. The number of nitrogens with zero attached hydrogens (tertiary/aromatic N) is 2. The number of likely N-dealkylation sites (tertiary alicyclic amines) is 1. The number of hydrogen-bond acceptors (Lipinski definition) is 5. The largest absolute Gasteiger partial charge is 0.479 e. The van der Waals surface area contributed by atoms with Crippen molar-refractivity contribution in [1.29, 1.82) is 0 Å². The predicted molar refractivity (Wildman–Crippen MR) is 84.4 cm³/mol. The lowest BCUT2D eigenvalue weighted by atomic mass is 9.91. The van der Waals surface area contributed by atoms with E-state index < -0.39 is 11.6 Å². The van der Waals surface area contributed by atoms with Gasteiger partial charge in [0.2, 0.25) is 0 Å². The van der Waals surface area contributed by atoms with E-state index in [1.54, 1.807) is 42.4 Å². The van der Waals surface area contributed by atoms with E-state index in [2.05, 4.69) is 4.98 Å². The monoisotopic (exact) mass is 330 g/mol. The Morgan fingerprint density at radius 3 is 2.50 bits per heavy atom. The molecule has 1 saturated heterocycles. The van der Waals surface area contributed by atoms with E-state index in [4.69, 9.17) is 9.52 Å². The molecule has 0 aromatic carbocycles. The van der Waals surface area contributed by atoms with Crippen molar-refractivity contribution in [2.45, 2.75) is 25.4 Å². The molecule has 7 nitrogen and oxygen atoms in total. The molecule has 3 heterocycles. The molecular weight excluding hydrogens is 312 g/mol. The fourth-order valence-corrected chi connectivity index (χ4v) is 2.81. The third kappa shape index (κ3) is 2.90. The maximum absolute atomic E-state index is 12.6. The van der Waals surface area contributed by atoms with Gasteiger partial charge in [-0.2, -0.15) is 0 Å². The van der Waals surface area contributed by atoms with Crippen LogP contribution in [0.4, 0.5) is 0 Å². The second-order valence-corrected chi connectivity index (χ2v) is 5.94. The molecule has 0 unspecified atom stereocenters. The van der Waals surface area contributed by atoms with Gasteiger partial charge in [-0.3, -0.25) is 4.79 Å². The number of carbonyl (C=O) groups excluding carboxylic acids is 1. The van der Waals surface area contributed by atoms with Gasteiger partial charge >= 0.3 is 5.97 Å². The Kier molecular flexibility index (Phi) is 4.11. The third-order valence-electron chi connectivity index (χ3n) is 4.37. The summed E-state index contributed by atoms with van der Waals surface area (Å²) in [6, 6.07) is 6.97. The molecule has 0 bridgehead atoms. The van der Waals surface area contributed by atoms with E-state index in [0.29, 0.717) is 22.7 Å². The van der Waals surface area contributed by atoms with Crippen LogP contribution in [0, 0.1) is 6.92 Å². The summed E-state index contributed by atoms with van der Waals surface area (Å²) in [5.74, 6) is -0.824.